The number of nitrogens with one attached hydrogen (secondary N) is 1. The molecule has 0 amide bonds. The fourth-order valence-corrected chi connectivity index (χ4v) is 4.27. The molecule has 0 bridgehead atoms. The molecule has 3 N–H and O–H groups in total. The first-order valence-corrected chi connectivity index (χ1v) is 10.4. The SMILES string of the molecule is CCC(NS(=O)(=O)c1cccc(S(N)(=O)=O)c1)c1ccc(Cl)cc1. The molecule has 130 valence electrons. The zero-order valence-corrected chi connectivity index (χ0v) is 15.2. The first kappa shape index (κ1) is 18.9. The van der Waals surface area contributed by atoms with E-state index >= 15 is 0 Å². The molecule has 2 aromatic rings. The molecule has 6 nitrogen and oxygen atoms in total. The van der Waals surface area contributed by atoms with Gasteiger partial charge in [-0.05, 0) is 42.3 Å². The predicted octanol–water partition coefficient (Wildman–Crippen LogP) is 2.42. The van der Waals surface area contributed by atoms with Gasteiger partial charge in [0.05, 0.1) is 9.79 Å². The Labute approximate surface area is 146 Å². The molecule has 0 aliphatic rings. The van der Waals surface area contributed by atoms with Gasteiger partial charge in [0.25, 0.3) is 0 Å². The van der Waals surface area contributed by atoms with Crippen molar-refractivity contribution >= 4 is 31.6 Å². The molecular formula is C15H17ClN2O4S2. The molecule has 2 rings (SSSR count). The molecule has 0 fully saturated rings. The smallest absolute Gasteiger partial charge is 0.225 e. The van der Waals surface area contributed by atoms with Gasteiger partial charge >= 0.3 is 0 Å². The second-order valence-corrected chi connectivity index (χ2v) is 8.87. The molecule has 0 aliphatic heterocycles. The molecule has 1 unspecified atom stereocenters. The lowest BCUT2D eigenvalue weighted by Crippen LogP contribution is -2.28. The lowest BCUT2D eigenvalue weighted by Gasteiger charge is -2.18. The second-order valence-electron chi connectivity index (χ2n) is 5.15. The summed E-state index contributed by atoms with van der Waals surface area (Å²) < 4.78 is 50.5. The highest BCUT2D eigenvalue weighted by atomic mass is 35.5. The lowest BCUT2D eigenvalue weighted by molar-refractivity contribution is 0.550. The molecule has 0 radical (unpaired) electrons. The van der Waals surface area contributed by atoms with Crippen molar-refractivity contribution < 1.29 is 16.8 Å². The van der Waals surface area contributed by atoms with Crippen molar-refractivity contribution in [1.82, 2.24) is 4.72 Å². The van der Waals surface area contributed by atoms with E-state index in [1.807, 2.05) is 6.92 Å². The van der Waals surface area contributed by atoms with Crippen molar-refractivity contribution in [2.24, 2.45) is 5.14 Å². The molecule has 1 atom stereocenters. The molecule has 0 aliphatic carbocycles. The Morgan fingerprint density at radius 2 is 1.62 bits per heavy atom. The summed E-state index contributed by atoms with van der Waals surface area (Å²) in [5.74, 6) is 0. The van der Waals surface area contributed by atoms with E-state index in [2.05, 4.69) is 4.72 Å². The highest BCUT2D eigenvalue weighted by Crippen LogP contribution is 2.22. The topological polar surface area (TPSA) is 106 Å². The van der Waals surface area contributed by atoms with Gasteiger partial charge in [-0.25, -0.2) is 26.7 Å². The van der Waals surface area contributed by atoms with Crippen molar-refractivity contribution in [3.05, 3.63) is 59.1 Å². The molecule has 2 aromatic carbocycles. The van der Waals surface area contributed by atoms with Gasteiger partial charge in [0, 0.05) is 11.1 Å². The van der Waals surface area contributed by atoms with Gasteiger partial charge < -0.3 is 0 Å². The van der Waals surface area contributed by atoms with Gasteiger partial charge in [-0.15, -0.1) is 0 Å². The van der Waals surface area contributed by atoms with Crippen LogP contribution in [0.2, 0.25) is 5.02 Å². The third-order valence-corrected chi connectivity index (χ3v) is 6.05. The molecule has 24 heavy (non-hydrogen) atoms. The Bertz CT molecular complexity index is 926. The molecule has 9 heteroatoms. The summed E-state index contributed by atoms with van der Waals surface area (Å²) in [6, 6.07) is 11.3. The van der Waals surface area contributed by atoms with Gasteiger partial charge in [0.2, 0.25) is 20.0 Å². The summed E-state index contributed by atoms with van der Waals surface area (Å²) in [6.07, 6.45) is 0.510. The van der Waals surface area contributed by atoms with Crippen molar-refractivity contribution in [3.8, 4) is 0 Å². The van der Waals surface area contributed by atoms with Crippen LogP contribution in [0.3, 0.4) is 0 Å². The number of benzene rings is 2. The Morgan fingerprint density at radius 1 is 1.04 bits per heavy atom. The highest BCUT2D eigenvalue weighted by molar-refractivity contribution is 7.90. The zero-order valence-electron chi connectivity index (χ0n) is 12.8. The minimum absolute atomic E-state index is 0.165. The van der Waals surface area contributed by atoms with Gasteiger partial charge in [0.1, 0.15) is 0 Å². The number of hydrogen-bond acceptors (Lipinski definition) is 4. The van der Waals surface area contributed by atoms with Gasteiger partial charge in [-0.3, -0.25) is 0 Å². The first-order chi connectivity index (χ1) is 11.1. The van der Waals surface area contributed by atoms with Crippen LogP contribution in [0, 0.1) is 0 Å². The predicted molar refractivity (Wildman–Crippen MR) is 92.6 cm³/mol. The number of primary sulfonamides is 1. The number of sulfonamides is 2. The summed E-state index contributed by atoms with van der Waals surface area (Å²) in [4.78, 5) is -0.425. The van der Waals surface area contributed by atoms with Crippen LogP contribution < -0.4 is 9.86 Å². The van der Waals surface area contributed by atoms with Crippen molar-refractivity contribution in [1.29, 1.82) is 0 Å². The van der Waals surface area contributed by atoms with Gasteiger partial charge in [0.15, 0.2) is 0 Å². The Morgan fingerprint density at radius 3 is 2.17 bits per heavy atom. The van der Waals surface area contributed by atoms with Crippen LogP contribution in [-0.4, -0.2) is 16.8 Å². The fourth-order valence-electron chi connectivity index (χ4n) is 2.16. The summed E-state index contributed by atoms with van der Waals surface area (Å²) in [5.41, 5.74) is 0.757. The maximum atomic E-state index is 12.5. The fraction of sp³-hybridized carbons (Fsp3) is 0.200. The second kappa shape index (κ2) is 7.20. The molecular weight excluding hydrogens is 372 g/mol. The van der Waals surface area contributed by atoms with Gasteiger partial charge in [-0.2, -0.15) is 0 Å². The minimum Gasteiger partial charge on any atom is -0.225 e. The number of hydrogen-bond donors (Lipinski definition) is 2. The van der Waals surface area contributed by atoms with E-state index in [0.717, 1.165) is 11.6 Å². The van der Waals surface area contributed by atoms with Crippen LogP contribution in [-0.2, 0) is 20.0 Å². The zero-order chi connectivity index (χ0) is 18.0. The standard InChI is InChI=1S/C15H17ClN2O4S2/c1-2-15(11-6-8-12(16)9-7-11)18-24(21,22)14-5-3-4-13(10-14)23(17,19)20/h3-10,15,18H,2H2,1H3,(H2,17,19,20). The summed E-state index contributed by atoms with van der Waals surface area (Å²) in [6.45, 7) is 1.84. The van der Waals surface area contributed by atoms with E-state index < -0.39 is 26.1 Å². The van der Waals surface area contributed by atoms with Crippen LogP contribution in [0.5, 0.6) is 0 Å². The highest BCUT2D eigenvalue weighted by Gasteiger charge is 2.22. The molecule has 0 heterocycles. The van der Waals surface area contributed by atoms with Crippen LogP contribution in [0.25, 0.3) is 0 Å². The van der Waals surface area contributed by atoms with Crippen molar-refractivity contribution in [2.45, 2.75) is 29.2 Å². The average Bonchev–Trinajstić information content (AvgIpc) is 2.53. The largest absolute Gasteiger partial charge is 0.241 e. The maximum absolute atomic E-state index is 12.5. The minimum atomic E-state index is -3.98. The van der Waals surface area contributed by atoms with Crippen LogP contribution in [0.1, 0.15) is 24.9 Å². The number of halogens is 1. The van der Waals surface area contributed by atoms with E-state index in [9.17, 15) is 16.8 Å². The van der Waals surface area contributed by atoms with E-state index in [4.69, 9.17) is 16.7 Å². The first-order valence-electron chi connectivity index (χ1n) is 7.04. The molecule has 0 spiro atoms. The Kier molecular flexibility index (Phi) is 5.67. The summed E-state index contributed by atoms with van der Waals surface area (Å²) >= 11 is 5.84. The van der Waals surface area contributed by atoms with Crippen LogP contribution in [0.15, 0.2) is 58.3 Å². The Balaban J connectivity index is 2.35. The normalized spacial score (nSPS) is 13.6. The molecule has 0 aromatic heterocycles. The Hall–Kier alpha value is -1.45. The summed E-state index contributed by atoms with van der Waals surface area (Å²) in [5, 5.41) is 5.60. The van der Waals surface area contributed by atoms with Crippen molar-refractivity contribution in [2.75, 3.05) is 0 Å². The summed E-state index contributed by atoms with van der Waals surface area (Å²) in [7, 11) is -7.90. The molecule has 0 saturated heterocycles. The third kappa shape index (κ3) is 4.55. The van der Waals surface area contributed by atoms with Crippen LogP contribution in [0.4, 0.5) is 0 Å². The van der Waals surface area contributed by atoms with Gasteiger partial charge in [-0.1, -0.05) is 36.7 Å². The number of rotatable bonds is 6. The van der Waals surface area contributed by atoms with E-state index in [1.165, 1.54) is 18.2 Å². The number of nitrogens with two attached hydrogens (primary N) is 1. The van der Waals surface area contributed by atoms with E-state index in [0.29, 0.717) is 11.4 Å². The quantitative estimate of drug-likeness (QED) is 0.792. The van der Waals surface area contributed by atoms with E-state index in [-0.39, 0.29) is 9.79 Å². The monoisotopic (exact) mass is 388 g/mol. The van der Waals surface area contributed by atoms with Crippen LogP contribution >= 0.6 is 11.6 Å². The lowest BCUT2D eigenvalue weighted by atomic mass is 10.1. The van der Waals surface area contributed by atoms with E-state index in [1.54, 1.807) is 24.3 Å². The maximum Gasteiger partial charge on any atom is 0.241 e. The van der Waals surface area contributed by atoms with Crippen molar-refractivity contribution in [3.63, 3.8) is 0 Å². The third-order valence-electron chi connectivity index (χ3n) is 3.42. The molecule has 0 saturated carbocycles. The average molecular weight is 389 g/mol.